The molecule has 0 unspecified atom stereocenters. The summed E-state index contributed by atoms with van der Waals surface area (Å²) in [4.78, 5) is 0. The largest absolute Gasteiger partial charge is 0.407 e. The maximum absolute atomic E-state index is 5.62. The molecule has 0 heterocycles. The lowest BCUT2D eigenvalue weighted by atomic mass is 10.3. The molecule has 3 nitrogen and oxygen atoms in total. The minimum absolute atomic E-state index is 0. The Kier molecular flexibility index (Phi) is 8.51. The first kappa shape index (κ1) is 18.1. The van der Waals surface area contributed by atoms with Crippen molar-refractivity contribution in [3.63, 3.8) is 0 Å². The van der Waals surface area contributed by atoms with E-state index in [1.807, 2.05) is 0 Å². The molecular formula is C22H44N2O. The van der Waals surface area contributed by atoms with Gasteiger partial charge in [-0.25, -0.2) is 0 Å². The maximum Gasteiger partial charge on any atom is 0.144 e. The number of benzene rings is 1. The lowest BCUT2D eigenvalue weighted by Gasteiger charge is -2.00. The highest BCUT2D eigenvalue weighted by atomic mass is 16.5. The van der Waals surface area contributed by atoms with Crippen LogP contribution in [0.25, 0.3) is 0 Å². The summed E-state index contributed by atoms with van der Waals surface area (Å²) in [6.07, 6.45) is 7.31. The van der Waals surface area contributed by atoms with Crippen LogP contribution in [0.4, 0.5) is 11.4 Å². The second kappa shape index (κ2) is 11.7. The van der Waals surface area contributed by atoms with Crippen LogP contribution < -0.4 is 16.2 Å². The summed E-state index contributed by atoms with van der Waals surface area (Å²) in [5, 5.41) is 0. The molecule has 3 heteroatoms. The molecule has 0 radical (unpaired) electrons. The van der Waals surface area contributed by atoms with Gasteiger partial charge in [0, 0.05) is 90.6 Å². The molecule has 0 aliphatic rings. The first-order valence-electron chi connectivity index (χ1n) is 6.51. The zero-order valence-electron chi connectivity index (χ0n) is 12.9. The number of nitrogens with two attached hydrogens (primary N) is 2. The molecule has 25 heavy (non-hydrogen) atoms. The summed E-state index contributed by atoms with van der Waals surface area (Å²) in [5.74, 6) is 34.5. The van der Waals surface area contributed by atoms with Crippen molar-refractivity contribution in [1.29, 1.82) is 0 Å². The second-order valence-electron chi connectivity index (χ2n) is 3.81. The van der Waals surface area contributed by atoms with E-state index in [0.29, 0.717) is 17.1 Å². The highest BCUT2D eigenvalue weighted by Crippen LogP contribution is 2.19. The van der Waals surface area contributed by atoms with E-state index in [2.05, 4.69) is 89.0 Å². The van der Waals surface area contributed by atoms with Crippen molar-refractivity contribution in [3.8, 4) is 101 Å². The molecule has 1 aromatic carbocycles. The molecular weight excluding hydrogens is 308 g/mol. The van der Waals surface area contributed by atoms with Crippen LogP contribution in [0.5, 0.6) is 5.75 Å². The van der Waals surface area contributed by atoms with Crippen molar-refractivity contribution in [2.45, 2.75) is 0 Å². The van der Waals surface area contributed by atoms with Crippen LogP contribution in [0.1, 0.15) is 25.7 Å². The first-order chi connectivity index (χ1) is 12.2. The molecule has 0 fully saturated rings. The van der Waals surface area contributed by atoms with Gasteiger partial charge >= 0.3 is 0 Å². The number of hydrogen-bond acceptors (Lipinski definition) is 3. The van der Waals surface area contributed by atoms with Crippen molar-refractivity contribution in [2.24, 2.45) is 0 Å². The van der Waals surface area contributed by atoms with Gasteiger partial charge in [-0.15, -0.1) is 6.42 Å². The predicted molar refractivity (Wildman–Crippen MR) is 137 cm³/mol. The number of hydrogen-bond donors (Lipinski definition) is 2. The topological polar surface area (TPSA) is 61.3 Å². The summed E-state index contributed by atoms with van der Waals surface area (Å²) < 4.78 is 5.12. The summed E-state index contributed by atoms with van der Waals surface area (Å²) >= 11 is 0. The highest BCUT2D eigenvalue weighted by Gasteiger charge is 1.95. The van der Waals surface area contributed by atoms with Gasteiger partial charge in [-0.2, -0.15) is 0 Å². The standard InChI is InChI=1S/C22H8N2O.18H2/c1-2-3-4-5-6-7-8-9-10-11-12-13-14-15-16-25-22-18-20(23)17-21(24)19-22;;;;;;;;;;;;;;;;;;/h1,17-19H,23-24H2;18*1H. The monoisotopic (exact) mass is 352 g/mol. The van der Waals surface area contributed by atoms with Gasteiger partial charge in [0.05, 0.1) is 0 Å². The fourth-order valence-corrected chi connectivity index (χ4v) is 1.19. The van der Waals surface area contributed by atoms with Gasteiger partial charge in [0.15, 0.2) is 0 Å². The van der Waals surface area contributed by atoms with Gasteiger partial charge in [-0.05, 0) is 47.5 Å². The van der Waals surface area contributed by atoms with Crippen molar-refractivity contribution < 1.29 is 30.4 Å². The lowest BCUT2D eigenvalue weighted by Crippen LogP contribution is -1.92. The van der Waals surface area contributed by atoms with E-state index in [1.54, 1.807) is 18.2 Å². The van der Waals surface area contributed by atoms with E-state index in [4.69, 9.17) is 22.6 Å². The minimum atomic E-state index is 0. The fraction of sp³-hybridized carbons (Fsp3) is 0. The second-order valence-corrected chi connectivity index (χ2v) is 3.81. The van der Waals surface area contributed by atoms with E-state index in [9.17, 15) is 0 Å². The van der Waals surface area contributed by atoms with Crippen LogP contribution in [-0.2, 0) is 0 Å². The first-order valence-corrected chi connectivity index (χ1v) is 6.51. The van der Waals surface area contributed by atoms with Crippen LogP contribution in [0.3, 0.4) is 0 Å². The van der Waals surface area contributed by atoms with Gasteiger partial charge in [0.2, 0.25) is 0 Å². The zero-order valence-corrected chi connectivity index (χ0v) is 12.9. The molecule has 0 aromatic heterocycles. The molecule has 0 bridgehead atoms. The Morgan fingerprint density at radius 3 is 1.48 bits per heavy atom. The Morgan fingerprint density at radius 1 is 0.640 bits per heavy atom. The van der Waals surface area contributed by atoms with E-state index in [0.717, 1.165) is 0 Å². The third-order valence-corrected chi connectivity index (χ3v) is 1.99. The van der Waals surface area contributed by atoms with Crippen LogP contribution in [0.15, 0.2) is 18.2 Å². The molecule has 0 saturated carbocycles. The van der Waals surface area contributed by atoms with E-state index < -0.39 is 0 Å². The fourth-order valence-electron chi connectivity index (χ4n) is 1.19. The predicted octanol–water partition coefficient (Wildman–Crippen LogP) is 5.27. The lowest BCUT2D eigenvalue weighted by molar-refractivity contribution is 0.521. The highest BCUT2D eigenvalue weighted by molar-refractivity contribution is 5.57. The number of nitrogen functional groups attached to an aromatic ring is 2. The van der Waals surface area contributed by atoms with Gasteiger partial charge in [0.1, 0.15) is 11.9 Å². The molecule has 0 saturated heterocycles. The minimum Gasteiger partial charge on any atom is -0.407 e. The van der Waals surface area contributed by atoms with Crippen LogP contribution in [0.2, 0.25) is 0 Å². The van der Waals surface area contributed by atoms with Gasteiger partial charge < -0.3 is 16.2 Å². The molecule has 0 aliphatic heterocycles. The molecule has 0 aliphatic carbocycles. The van der Waals surface area contributed by atoms with Gasteiger partial charge in [-0.1, -0.05) is 0 Å². The summed E-state index contributed by atoms with van der Waals surface area (Å²) in [6, 6.07) is 4.81. The van der Waals surface area contributed by atoms with Crippen molar-refractivity contribution in [2.75, 3.05) is 11.5 Å². The van der Waals surface area contributed by atoms with Crippen molar-refractivity contribution >= 4 is 11.4 Å². The van der Waals surface area contributed by atoms with Crippen molar-refractivity contribution in [3.05, 3.63) is 18.2 Å². The molecule has 0 spiro atoms. The third kappa shape index (κ3) is 9.62. The van der Waals surface area contributed by atoms with Crippen molar-refractivity contribution in [1.82, 2.24) is 0 Å². The quantitative estimate of drug-likeness (QED) is 0.534. The number of terminal acetylenes is 1. The average molecular weight is 353 g/mol. The average Bonchev–Trinajstić information content (AvgIpc) is 2.57. The number of rotatable bonds is 1. The third-order valence-electron chi connectivity index (χ3n) is 1.99. The Hall–Kier alpha value is -4.90. The SMILES string of the molecule is C#CC#CC#CC#CC#CC#CC#CC#COc1cc(N)cc(N)c1.[HH].[HH].[HH].[HH].[HH].[HH].[HH].[HH].[HH].[HH].[HH].[HH].[HH].[HH].[HH].[HH].[HH].[HH]. The van der Waals surface area contributed by atoms with Crippen LogP contribution in [0, 0.1) is 95.4 Å². The Balaban J connectivity index is -0.0000000217. The Morgan fingerprint density at radius 2 is 1.04 bits per heavy atom. The Labute approximate surface area is 174 Å². The number of anilines is 2. The molecule has 148 valence electrons. The smallest absolute Gasteiger partial charge is 0.144 e. The van der Waals surface area contributed by atoms with E-state index in [1.165, 1.54) is 0 Å². The molecule has 1 aromatic rings. The zero-order chi connectivity index (χ0) is 18.2. The molecule has 4 N–H and O–H groups in total. The van der Waals surface area contributed by atoms with Crippen LogP contribution in [-0.4, -0.2) is 0 Å². The summed E-state index contributed by atoms with van der Waals surface area (Å²) in [5.41, 5.74) is 12.2. The maximum atomic E-state index is 5.62. The van der Waals surface area contributed by atoms with E-state index in [-0.39, 0.29) is 25.7 Å². The molecule has 0 atom stereocenters. The summed E-state index contributed by atoms with van der Waals surface area (Å²) in [7, 11) is 0. The van der Waals surface area contributed by atoms with E-state index >= 15 is 0 Å². The Bertz CT molecular complexity index is 1150. The van der Waals surface area contributed by atoms with Crippen LogP contribution >= 0.6 is 0 Å². The number of ether oxygens (including phenoxy) is 1. The molecule has 0 amide bonds. The summed E-state index contributed by atoms with van der Waals surface area (Å²) in [6.45, 7) is 0. The molecule has 1 rings (SSSR count). The van der Waals surface area contributed by atoms with Gasteiger partial charge in [0.25, 0.3) is 0 Å². The normalized spacial score (nSPS) is 6.04. The van der Waals surface area contributed by atoms with Gasteiger partial charge in [-0.3, -0.25) is 0 Å².